The molecule has 6 aromatic rings. The van der Waals surface area contributed by atoms with E-state index in [4.69, 9.17) is 9.47 Å². The Kier molecular flexibility index (Phi) is 15.3. The highest BCUT2D eigenvalue weighted by Gasteiger charge is 2.43. The molecular weight excluding hydrogens is 749 g/mol. The van der Waals surface area contributed by atoms with Gasteiger partial charge >= 0.3 is 0 Å². The summed E-state index contributed by atoms with van der Waals surface area (Å²) in [4.78, 5) is 0. The minimum absolute atomic E-state index is 0.114. The molecule has 0 fully saturated rings. The van der Waals surface area contributed by atoms with Gasteiger partial charge < -0.3 is 35.0 Å². The molecule has 0 saturated heterocycles. The summed E-state index contributed by atoms with van der Waals surface area (Å²) in [6, 6.07) is 59.3. The summed E-state index contributed by atoms with van der Waals surface area (Å²) in [5.41, 5.74) is 3.24. The van der Waals surface area contributed by atoms with Gasteiger partial charge in [-0.1, -0.05) is 210 Å². The van der Waals surface area contributed by atoms with Crippen molar-refractivity contribution < 1.29 is 35.0 Å². The molecule has 7 nitrogen and oxygen atoms in total. The van der Waals surface area contributed by atoms with Gasteiger partial charge in [-0.3, -0.25) is 0 Å². The van der Waals surface area contributed by atoms with E-state index in [9.17, 15) is 25.5 Å². The van der Waals surface area contributed by atoms with Crippen molar-refractivity contribution in [2.24, 2.45) is 23.7 Å². The van der Waals surface area contributed by atoms with Gasteiger partial charge in [-0.2, -0.15) is 0 Å². The van der Waals surface area contributed by atoms with Gasteiger partial charge in [-0.25, -0.2) is 0 Å². The standard InChI is InChI=1S/C53H60O7/c1-37(47(54)35-59-52(41-23-11-5-12-24-41,42-25-13-6-14-26-42)43-27-15-7-16-28-43)49(56)39(3)51(58)40(4)50(57)38(2)48(55)36-60-53(44-29-17-8-18-30-44,45-31-19-9-20-32-45)46-33-21-10-22-34-46/h5-34,37-40,47-51,54-58H,35-36H2,1-4H3/t37-,38+,39+,40-,47+,48-,49-,50+,51?. The Morgan fingerprint density at radius 2 is 0.500 bits per heavy atom. The smallest absolute Gasteiger partial charge is 0.143 e. The monoisotopic (exact) mass is 808 g/mol. The lowest BCUT2D eigenvalue weighted by molar-refractivity contribution is -0.118. The van der Waals surface area contributed by atoms with Gasteiger partial charge in [0.1, 0.15) is 11.2 Å². The lowest BCUT2D eigenvalue weighted by atomic mass is 9.77. The first-order chi connectivity index (χ1) is 29.0. The zero-order chi connectivity index (χ0) is 42.7. The van der Waals surface area contributed by atoms with E-state index >= 15 is 0 Å². The fraction of sp³-hybridized carbons (Fsp3) is 0.321. The van der Waals surface area contributed by atoms with Gasteiger partial charge in [0.15, 0.2) is 0 Å². The Morgan fingerprint density at radius 1 is 0.317 bits per heavy atom. The Bertz CT molecular complexity index is 1770. The van der Waals surface area contributed by atoms with Crippen molar-refractivity contribution in [2.75, 3.05) is 13.2 Å². The van der Waals surface area contributed by atoms with Gasteiger partial charge in [-0.15, -0.1) is 0 Å². The number of hydrogen-bond acceptors (Lipinski definition) is 7. The largest absolute Gasteiger partial charge is 0.392 e. The molecule has 9 atom stereocenters. The molecule has 0 amide bonds. The molecule has 7 heteroatoms. The number of aliphatic hydroxyl groups excluding tert-OH is 5. The lowest BCUT2D eigenvalue weighted by Gasteiger charge is -2.40. The molecule has 1 unspecified atom stereocenters. The molecule has 0 aromatic heterocycles. The molecule has 0 aliphatic heterocycles. The van der Waals surface area contributed by atoms with Crippen LogP contribution in [0.25, 0.3) is 0 Å². The van der Waals surface area contributed by atoms with Gasteiger partial charge in [0.05, 0.1) is 43.7 Å². The molecule has 0 bridgehead atoms. The average molecular weight is 809 g/mol. The van der Waals surface area contributed by atoms with Crippen molar-refractivity contribution in [1.29, 1.82) is 0 Å². The van der Waals surface area contributed by atoms with Crippen LogP contribution in [-0.4, -0.2) is 69.3 Å². The quantitative estimate of drug-likeness (QED) is 0.0492. The normalized spacial score (nSPS) is 16.8. The second-order valence-corrected chi connectivity index (χ2v) is 16.2. The minimum atomic E-state index is -1.17. The van der Waals surface area contributed by atoms with Crippen molar-refractivity contribution in [3.63, 3.8) is 0 Å². The maximum absolute atomic E-state index is 11.7. The first kappa shape index (κ1) is 44.6. The average Bonchev–Trinajstić information content (AvgIpc) is 3.32. The molecule has 0 saturated carbocycles. The lowest BCUT2D eigenvalue weighted by Crippen LogP contribution is -2.48. The summed E-state index contributed by atoms with van der Waals surface area (Å²) < 4.78 is 13.7. The molecule has 0 aliphatic rings. The van der Waals surface area contributed by atoms with Crippen LogP contribution in [0.5, 0.6) is 0 Å². The predicted octanol–water partition coefficient (Wildman–Crippen LogP) is 8.35. The molecular formula is C53H60O7. The van der Waals surface area contributed by atoms with E-state index in [2.05, 4.69) is 0 Å². The van der Waals surface area contributed by atoms with Crippen molar-refractivity contribution in [3.05, 3.63) is 215 Å². The first-order valence-corrected chi connectivity index (χ1v) is 21.0. The van der Waals surface area contributed by atoms with Crippen LogP contribution in [0.4, 0.5) is 0 Å². The molecule has 6 aromatic carbocycles. The second-order valence-electron chi connectivity index (χ2n) is 16.2. The van der Waals surface area contributed by atoms with Crippen LogP contribution in [0.1, 0.15) is 61.1 Å². The fourth-order valence-electron chi connectivity index (χ4n) is 8.56. The van der Waals surface area contributed by atoms with Crippen molar-refractivity contribution in [3.8, 4) is 0 Å². The topological polar surface area (TPSA) is 120 Å². The summed E-state index contributed by atoms with van der Waals surface area (Å²) in [7, 11) is 0. The van der Waals surface area contributed by atoms with E-state index in [0.29, 0.717) is 0 Å². The third-order valence-electron chi connectivity index (χ3n) is 12.5. The van der Waals surface area contributed by atoms with Gasteiger partial charge in [-0.05, 0) is 33.4 Å². The van der Waals surface area contributed by atoms with E-state index in [0.717, 1.165) is 33.4 Å². The molecule has 0 aliphatic carbocycles. The Morgan fingerprint density at radius 3 is 0.700 bits per heavy atom. The highest BCUT2D eigenvalue weighted by atomic mass is 16.5. The number of hydrogen-bond donors (Lipinski definition) is 5. The maximum atomic E-state index is 11.7. The van der Waals surface area contributed by atoms with Crippen molar-refractivity contribution >= 4 is 0 Å². The number of rotatable bonds is 20. The third-order valence-corrected chi connectivity index (χ3v) is 12.5. The maximum Gasteiger partial charge on any atom is 0.143 e. The van der Waals surface area contributed by atoms with Crippen LogP contribution in [0.2, 0.25) is 0 Å². The van der Waals surface area contributed by atoms with Crippen molar-refractivity contribution in [2.45, 2.75) is 69.4 Å². The van der Waals surface area contributed by atoms with E-state index in [1.165, 1.54) is 0 Å². The molecule has 5 N–H and O–H groups in total. The minimum Gasteiger partial charge on any atom is -0.392 e. The fourth-order valence-corrected chi connectivity index (χ4v) is 8.56. The van der Waals surface area contributed by atoms with E-state index in [-0.39, 0.29) is 13.2 Å². The van der Waals surface area contributed by atoms with Crippen LogP contribution in [-0.2, 0) is 20.7 Å². The Labute approximate surface area is 355 Å². The Balaban J connectivity index is 1.14. The Hall–Kier alpha value is -4.96. The molecule has 60 heavy (non-hydrogen) atoms. The van der Waals surface area contributed by atoms with Crippen LogP contribution < -0.4 is 0 Å². The number of benzene rings is 6. The summed E-state index contributed by atoms with van der Waals surface area (Å²) in [5.74, 6) is -2.91. The zero-order valence-electron chi connectivity index (χ0n) is 35.0. The zero-order valence-corrected chi connectivity index (χ0v) is 35.0. The highest BCUT2D eigenvalue weighted by molar-refractivity contribution is 5.49. The SMILES string of the molecule is C[C@H]([C@H](O)[C@@H](C)C(O)[C@@H](C)[C@H](O)[C@H](C)[C@@H](O)COC(c1ccccc1)(c1ccccc1)c1ccccc1)[C@H](O)COC(c1ccccc1)(c1ccccc1)c1ccccc1. The molecule has 314 valence electrons. The van der Waals surface area contributed by atoms with Crippen molar-refractivity contribution in [1.82, 2.24) is 0 Å². The number of ether oxygens (including phenoxy) is 2. The van der Waals surface area contributed by atoms with E-state index < -0.39 is 65.4 Å². The molecule has 6 rings (SSSR count). The number of aliphatic hydroxyl groups is 5. The van der Waals surface area contributed by atoms with Gasteiger partial charge in [0.25, 0.3) is 0 Å². The molecule has 0 heterocycles. The van der Waals surface area contributed by atoms with Gasteiger partial charge in [0, 0.05) is 23.7 Å². The summed E-state index contributed by atoms with van der Waals surface area (Å²) in [6.07, 6.45) is -5.70. The highest BCUT2D eigenvalue weighted by Crippen LogP contribution is 2.42. The first-order valence-electron chi connectivity index (χ1n) is 21.0. The summed E-state index contributed by atoms with van der Waals surface area (Å²) in [6.45, 7) is 6.67. The van der Waals surface area contributed by atoms with Crippen LogP contribution >= 0.6 is 0 Å². The summed E-state index contributed by atoms with van der Waals surface area (Å²) in [5, 5.41) is 58.2. The molecule has 0 radical (unpaired) electrons. The van der Waals surface area contributed by atoms with E-state index in [1.807, 2.05) is 182 Å². The van der Waals surface area contributed by atoms with Crippen LogP contribution in [0.3, 0.4) is 0 Å². The summed E-state index contributed by atoms with van der Waals surface area (Å²) >= 11 is 0. The van der Waals surface area contributed by atoms with E-state index in [1.54, 1.807) is 27.7 Å². The second kappa shape index (κ2) is 20.5. The third kappa shape index (κ3) is 9.49. The molecule has 0 spiro atoms. The predicted molar refractivity (Wildman–Crippen MR) is 237 cm³/mol. The van der Waals surface area contributed by atoms with Crippen LogP contribution in [0.15, 0.2) is 182 Å². The van der Waals surface area contributed by atoms with Crippen LogP contribution in [0, 0.1) is 23.7 Å². The van der Waals surface area contributed by atoms with Gasteiger partial charge in [0.2, 0.25) is 0 Å².